The summed E-state index contributed by atoms with van der Waals surface area (Å²) in [6.07, 6.45) is 2.37. The van der Waals surface area contributed by atoms with Gasteiger partial charge in [0.25, 0.3) is 5.91 Å². The van der Waals surface area contributed by atoms with Gasteiger partial charge in [-0.3, -0.25) is 4.79 Å². The third kappa shape index (κ3) is 4.10. The summed E-state index contributed by atoms with van der Waals surface area (Å²) in [6, 6.07) is 4.81. The molecule has 0 aliphatic carbocycles. The molecule has 0 spiro atoms. The van der Waals surface area contributed by atoms with Crippen LogP contribution in [-0.2, 0) is 0 Å². The van der Waals surface area contributed by atoms with E-state index in [9.17, 15) is 4.79 Å². The Kier molecular flexibility index (Phi) is 5.63. The fourth-order valence-electron chi connectivity index (χ4n) is 3.54. The minimum Gasteiger partial charge on any atom is -0.352 e. The van der Waals surface area contributed by atoms with Gasteiger partial charge in [-0.05, 0) is 77.6 Å². The van der Waals surface area contributed by atoms with E-state index in [-0.39, 0.29) is 5.91 Å². The number of carbonyl (C=O) groups is 1. The highest BCUT2D eigenvalue weighted by molar-refractivity contribution is 5.97. The average molecular weight is 302 g/mol. The molecule has 3 nitrogen and oxygen atoms in total. The SMILES string of the molecule is Cc1cc(C)c(C(=O)NCC2CCN(C(C)C)CC2)c(C)c1. The van der Waals surface area contributed by atoms with Crippen LogP contribution in [0.3, 0.4) is 0 Å². The van der Waals surface area contributed by atoms with Crippen molar-refractivity contribution < 1.29 is 4.79 Å². The van der Waals surface area contributed by atoms with E-state index in [4.69, 9.17) is 0 Å². The molecule has 3 heteroatoms. The number of piperidine rings is 1. The van der Waals surface area contributed by atoms with Crippen molar-refractivity contribution in [1.29, 1.82) is 0 Å². The van der Waals surface area contributed by atoms with Crippen LogP contribution in [0.1, 0.15) is 53.7 Å². The Morgan fingerprint density at radius 2 is 1.73 bits per heavy atom. The highest BCUT2D eigenvalue weighted by Crippen LogP contribution is 2.19. The molecule has 1 aromatic carbocycles. The fourth-order valence-corrected chi connectivity index (χ4v) is 3.54. The van der Waals surface area contributed by atoms with Gasteiger partial charge in [-0.1, -0.05) is 17.7 Å². The van der Waals surface area contributed by atoms with Gasteiger partial charge in [-0.25, -0.2) is 0 Å². The predicted molar refractivity (Wildman–Crippen MR) is 92.4 cm³/mol. The van der Waals surface area contributed by atoms with E-state index in [1.165, 1.54) is 18.4 Å². The summed E-state index contributed by atoms with van der Waals surface area (Å²) in [4.78, 5) is 15.0. The summed E-state index contributed by atoms with van der Waals surface area (Å²) in [5.74, 6) is 0.700. The van der Waals surface area contributed by atoms with Gasteiger partial charge in [0.1, 0.15) is 0 Å². The Balaban J connectivity index is 1.89. The molecule has 0 saturated carbocycles. The zero-order valence-electron chi connectivity index (χ0n) is 14.7. The van der Waals surface area contributed by atoms with Crippen molar-refractivity contribution in [1.82, 2.24) is 10.2 Å². The number of rotatable bonds is 4. The van der Waals surface area contributed by atoms with E-state index in [0.29, 0.717) is 12.0 Å². The number of amides is 1. The maximum atomic E-state index is 12.5. The number of hydrogen-bond donors (Lipinski definition) is 1. The van der Waals surface area contributed by atoms with Crippen LogP contribution in [0.4, 0.5) is 0 Å². The lowest BCUT2D eigenvalue weighted by Crippen LogP contribution is -2.41. The first kappa shape index (κ1) is 17.0. The lowest BCUT2D eigenvalue weighted by Gasteiger charge is -2.34. The zero-order chi connectivity index (χ0) is 16.3. The van der Waals surface area contributed by atoms with E-state index >= 15 is 0 Å². The highest BCUT2D eigenvalue weighted by atomic mass is 16.1. The first-order valence-corrected chi connectivity index (χ1v) is 8.48. The number of hydrogen-bond acceptors (Lipinski definition) is 2. The van der Waals surface area contributed by atoms with Crippen molar-refractivity contribution in [2.24, 2.45) is 5.92 Å². The van der Waals surface area contributed by atoms with Gasteiger partial charge in [0.05, 0.1) is 0 Å². The van der Waals surface area contributed by atoms with Crippen LogP contribution in [0, 0.1) is 26.7 Å². The van der Waals surface area contributed by atoms with Crippen LogP contribution in [0.5, 0.6) is 0 Å². The maximum Gasteiger partial charge on any atom is 0.251 e. The van der Waals surface area contributed by atoms with Crippen molar-refractivity contribution in [2.75, 3.05) is 19.6 Å². The molecule has 22 heavy (non-hydrogen) atoms. The number of benzene rings is 1. The Bertz CT molecular complexity index is 505. The van der Waals surface area contributed by atoms with Gasteiger partial charge in [0.2, 0.25) is 0 Å². The largest absolute Gasteiger partial charge is 0.352 e. The summed E-state index contributed by atoms with van der Waals surface area (Å²) in [7, 11) is 0. The van der Waals surface area contributed by atoms with Crippen LogP contribution in [0.2, 0.25) is 0 Å². The summed E-state index contributed by atoms with van der Waals surface area (Å²) >= 11 is 0. The molecule has 0 bridgehead atoms. The van der Waals surface area contributed by atoms with Gasteiger partial charge in [0.15, 0.2) is 0 Å². The van der Waals surface area contributed by atoms with Gasteiger partial charge >= 0.3 is 0 Å². The van der Waals surface area contributed by atoms with Crippen LogP contribution in [0.25, 0.3) is 0 Å². The molecule has 2 rings (SSSR count). The fraction of sp³-hybridized carbons (Fsp3) is 0.632. The lowest BCUT2D eigenvalue weighted by molar-refractivity contribution is 0.0928. The second-order valence-electron chi connectivity index (χ2n) is 7.06. The number of carbonyl (C=O) groups excluding carboxylic acids is 1. The van der Waals surface area contributed by atoms with E-state index in [1.54, 1.807) is 0 Å². The second kappa shape index (κ2) is 7.28. The van der Waals surface area contributed by atoms with Crippen molar-refractivity contribution >= 4 is 5.91 Å². The third-order valence-electron chi connectivity index (χ3n) is 4.83. The van der Waals surface area contributed by atoms with E-state index < -0.39 is 0 Å². The molecule has 0 unspecified atom stereocenters. The number of nitrogens with zero attached hydrogens (tertiary/aromatic N) is 1. The molecule has 0 atom stereocenters. The molecular weight excluding hydrogens is 272 g/mol. The zero-order valence-corrected chi connectivity index (χ0v) is 14.7. The van der Waals surface area contributed by atoms with E-state index in [0.717, 1.165) is 36.3 Å². The Hall–Kier alpha value is -1.35. The third-order valence-corrected chi connectivity index (χ3v) is 4.83. The smallest absolute Gasteiger partial charge is 0.251 e. The Morgan fingerprint density at radius 3 is 2.23 bits per heavy atom. The first-order valence-electron chi connectivity index (χ1n) is 8.48. The van der Waals surface area contributed by atoms with Crippen LogP contribution in [0.15, 0.2) is 12.1 Å². The van der Waals surface area contributed by atoms with Crippen LogP contribution in [-0.4, -0.2) is 36.5 Å². The molecular formula is C19H30N2O. The molecule has 1 heterocycles. The van der Waals surface area contributed by atoms with Crippen molar-refractivity contribution in [3.05, 3.63) is 34.4 Å². The predicted octanol–water partition coefficient (Wildman–Crippen LogP) is 3.46. The van der Waals surface area contributed by atoms with Gasteiger partial charge in [-0.15, -0.1) is 0 Å². The highest BCUT2D eigenvalue weighted by Gasteiger charge is 2.21. The quantitative estimate of drug-likeness (QED) is 0.924. The minimum atomic E-state index is 0.0845. The molecule has 1 fully saturated rings. The van der Waals surface area contributed by atoms with E-state index in [2.05, 4.69) is 43.1 Å². The van der Waals surface area contributed by atoms with Crippen molar-refractivity contribution in [3.63, 3.8) is 0 Å². The lowest BCUT2D eigenvalue weighted by atomic mass is 9.95. The van der Waals surface area contributed by atoms with Gasteiger partial charge < -0.3 is 10.2 Å². The number of nitrogens with one attached hydrogen (secondary N) is 1. The first-order chi connectivity index (χ1) is 10.4. The second-order valence-corrected chi connectivity index (χ2v) is 7.06. The van der Waals surface area contributed by atoms with Gasteiger partial charge in [-0.2, -0.15) is 0 Å². The molecule has 1 aliphatic rings. The van der Waals surface area contributed by atoms with Crippen molar-refractivity contribution in [2.45, 2.75) is 53.5 Å². The monoisotopic (exact) mass is 302 g/mol. The van der Waals surface area contributed by atoms with Gasteiger partial charge in [0, 0.05) is 18.2 Å². The maximum absolute atomic E-state index is 12.5. The number of likely N-dealkylation sites (tertiary alicyclic amines) is 1. The minimum absolute atomic E-state index is 0.0845. The average Bonchev–Trinajstić information content (AvgIpc) is 2.44. The summed E-state index contributed by atoms with van der Waals surface area (Å²) < 4.78 is 0. The summed E-state index contributed by atoms with van der Waals surface area (Å²) in [5.41, 5.74) is 4.21. The van der Waals surface area contributed by atoms with Crippen LogP contribution >= 0.6 is 0 Å². The van der Waals surface area contributed by atoms with Crippen LogP contribution < -0.4 is 5.32 Å². The molecule has 1 saturated heterocycles. The number of aryl methyl sites for hydroxylation is 3. The molecule has 1 aromatic rings. The molecule has 1 aliphatic heterocycles. The molecule has 1 N–H and O–H groups in total. The molecule has 1 amide bonds. The Morgan fingerprint density at radius 1 is 1.18 bits per heavy atom. The normalized spacial score (nSPS) is 17.0. The molecule has 0 radical (unpaired) electrons. The molecule has 0 aromatic heterocycles. The summed E-state index contributed by atoms with van der Waals surface area (Å²) in [6.45, 7) is 13.7. The standard InChI is InChI=1S/C19H30N2O/c1-13(2)21-8-6-17(7-9-21)12-20-19(22)18-15(4)10-14(3)11-16(18)5/h10-11,13,17H,6-9,12H2,1-5H3,(H,20,22). The molecule has 122 valence electrons. The summed E-state index contributed by atoms with van der Waals surface area (Å²) in [5, 5.41) is 3.16. The Labute approximate surface area is 135 Å². The van der Waals surface area contributed by atoms with E-state index in [1.807, 2.05) is 13.8 Å². The van der Waals surface area contributed by atoms with Crippen molar-refractivity contribution in [3.8, 4) is 0 Å². The topological polar surface area (TPSA) is 32.3 Å².